The second kappa shape index (κ2) is 10.5. The van der Waals surface area contributed by atoms with Gasteiger partial charge >= 0.3 is 5.97 Å². The molecule has 0 saturated heterocycles. The van der Waals surface area contributed by atoms with Crippen molar-refractivity contribution in [2.75, 3.05) is 25.6 Å². The van der Waals surface area contributed by atoms with Crippen molar-refractivity contribution in [1.29, 1.82) is 0 Å². The Kier molecular flexibility index (Phi) is 7.71. The van der Waals surface area contributed by atoms with Crippen molar-refractivity contribution in [1.82, 2.24) is 10.3 Å². The molecule has 0 atom stereocenters. The molecular weight excluding hydrogens is 362 g/mol. The van der Waals surface area contributed by atoms with Gasteiger partial charge in [-0.2, -0.15) is 0 Å². The molecule has 1 aromatic carbocycles. The van der Waals surface area contributed by atoms with Crippen molar-refractivity contribution in [2.24, 2.45) is 0 Å². The van der Waals surface area contributed by atoms with Gasteiger partial charge in [-0.3, -0.25) is 14.6 Å². The van der Waals surface area contributed by atoms with Gasteiger partial charge in [0.2, 0.25) is 5.91 Å². The van der Waals surface area contributed by atoms with Crippen molar-refractivity contribution in [2.45, 2.75) is 6.92 Å². The molecule has 2 amide bonds. The summed E-state index contributed by atoms with van der Waals surface area (Å²) in [6.45, 7) is 1.12. The van der Waals surface area contributed by atoms with Crippen LogP contribution in [0.2, 0.25) is 0 Å². The lowest BCUT2D eigenvalue weighted by Crippen LogP contribution is -2.35. The van der Waals surface area contributed by atoms with Gasteiger partial charge in [-0.15, -0.1) is 0 Å². The van der Waals surface area contributed by atoms with E-state index in [1.54, 1.807) is 36.5 Å². The lowest BCUT2D eigenvalue weighted by atomic mass is 10.2. The van der Waals surface area contributed by atoms with E-state index in [4.69, 9.17) is 9.47 Å². The summed E-state index contributed by atoms with van der Waals surface area (Å²) in [4.78, 5) is 39.3. The second-order valence-corrected chi connectivity index (χ2v) is 5.72. The number of hydrogen-bond donors (Lipinski definition) is 2. The van der Waals surface area contributed by atoms with Crippen LogP contribution in [-0.4, -0.2) is 43.0 Å². The molecule has 0 spiro atoms. The number of ether oxygens (including phenoxy) is 2. The average Bonchev–Trinajstić information content (AvgIpc) is 2.70. The van der Waals surface area contributed by atoms with Crippen LogP contribution in [0.1, 0.15) is 11.3 Å². The lowest BCUT2D eigenvalue weighted by molar-refractivity contribution is -0.143. The number of carbonyl (C=O) groups excluding carboxylic acids is 3. The number of aromatic nitrogens is 1. The molecule has 2 rings (SSSR count). The first-order chi connectivity index (χ1) is 13.5. The molecule has 0 fully saturated rings. The third-order valence-corrected chi connectivity index (χ3v) is 3.50. The number of nitrogens with one attached hydrogen (secondary N) is 2. The average molecular weight is 383 g/mol. The smallest absolute Gasteiger partial charge is 0.331 e. The molecule has 2 N–H and O–H groups in total. The molecule has 146 valence electrons. The highest BCUT2D eigenvalue weighted by molar-refractivity contribution is 5.96. The maximum atomic E-state index is 12.0. The van der Waals surface area contributed by atoms with Crippen LogP contribution in [0.5, 0.6) is 5.75 Å². The first-order valence-electron chi connectivity index (χ1n) is 8.45. The quantitative estimate of drug-likeness (QED) is 0.531. The van der Waals surface area contributed by atoms with Gasteiger partial charge in [-0.05, 0) is 42.8 Å². The van der Waals surface area contributed by atoms with Gasteiger partial charge in [0.25, 0.3) is 5.91 Å². The second-order valence-electron chi connectivity index (χ2n) is 5.72. The number of pyridine rings is 1. The first-order valence-corrected chi connectivity index (χ1v) is 8.45. The van der Waals surface area contributed by atoms with Gasteiger partial charge in [0.1, 0.15) is 5.75 Å². The van der Waals surface area contributed by atoms with E-state index in [1.807, 2.05) is 13.0 Å². The number of rotatable bonds is 8. The molecule has 0 unspecified atom stereocenters. The fourth-order valence-electron chi connectivity index (χ4n) is 2.16. The third kappa shape index (κ3) is 6.91. The molecule has 2 aromatic rings. The zero-order chi connectivity index (χ0) is 20.4. The highest BCUT2D eigenvalue weighted by atomic mass is 16.5. The van der Waals surface area contributed by atoms with Crippen LogP contribution in [0, 0.1) is 6.92 Å². The Morgan fingerprint density at radius 2 is 1.96 bits per heavy atom. The van der Waals surface area contributed by atoms with E-state index in [-0.39, 0.29) is 6.54 Å². The van der Waals surface area contributed by atoms with Crippen molar-refractivity contribution in [3.63, 3.8) is 0 Å². The van der Waals surface area contributed by atoms with Crippen LogP contribution in [0.15, 0.2) is 48.7 Å². The Labute approximate surface area is 162 Å². The van der Waals surface area contributed by atoms with E-state index in [0.717, 1.165) is 5.56 Å². The molecule has 8 nitrogen and oxygen atoms in total. The number of nitrogens with zero attached hydrogens (tertiary/aromatic N) is 1. The topological polar surface area (TPSA) is 107 Å². The number of carbonyl (C=O) groups is 3. The molecule has 28 heavy (non-hydrogen) atoms. The third-order valence-electron chi connectivity index (χ3n) is 3.50. The van der Waals surface area contributed by atoms with Crippen LogP contribution in [-0.2, 0) is 19.1 Å². The van der Waals surface area contributed by atoms with Gasteiger partial charge < -0.3 is 20.1 Å². The lowest BCUT2D eigenvalue weighted by Gasteiger charge is -2.11. The minimum atomic E-state index is -0.685. The summed E-state index contributed by atoms with van der Waals surface area (Å²) in [5, 5.41) is 5.03. The predicted molar refractivity (Wildman–Crippen MR) is 104 cm³/mol. The summed E-state index contributed by atoms with van der Waals surface area (Å²) in [7, 11) is 1.50. The summed E-state index contributed by atoms with van der Waals surface area (Å²) >= 11 is 0. The van der Waals surface area contributed by atoms with Crippen molar-refractivity contribution in [3.8, 4) is 5.75 Å². The number of aryl methyl sites for hydroxylation is 1. The normalized spacial score (nSPS) is 10.4. The first kappa shape index (κ1) is 20.6. The fraction of sp³-hybridized carbons (Fsp3) is 0.200. The van der Waals surface area contributed by atoms with Crippen molar-refractivity contribution < 1.29 is 23.9 Å². The number of anilines is 1. The minimum absolute atomic E-state index is 0.267. The molecule has 8 heteroatoms. The Morgan fingerprint density at radius 3 is 2.68 bits per heavy atom. The predicted octanol–water partition coefficient (Wildman–Crippen LogP) is 1.71. The number of hydrogen-bond acceptors (Lipinski definition) is 6. The Hall–Kier alpha value is -3.68. The summed E-state index contributed by atoms with van der Waals surface area (Å²) in [6, 6.07) is 10.6. The standard InChI is InChI=1S/C20H21N3O5/c1-14-6-8-17(27-2)16(11-14)23-18(24)12-22-19(25)13-28-20(26)9-7-15-5-3-4-10-21-15/h3-11H,12-13H2,1-2H3,(H,22,25)(H,23,24). The van der Waals surface area contributed by atoms with Crippen LogP contribution in [0.4, 0.5) is 5.69 Å². The number of methoxy groups -OCH3 is 1. The van der Waals surface area contributed by atoms with E-state index >= 15 is 0 Å². The molecule has 0 radical (unpaired) electrons. The molecular formula is C20H21N3O5. The number of esters is 1. The number of amides is 2. The van der Waals surface area contributed by atoms with Crippen LogP contribution < -0.4 is 15.4 Å². The van der Waals surface area contributed by atoms with Crippen LogP contribution in [0.3, 0.4) is 0 Å². The zero-order valence-corrected chi connectivity index (χ0v) is 15.6. The monoisotopic (exact) mass is 383 g/mol. The van der Waals surface area contributed by atoms with E-state index in [1.165, 1.54) is 19.3 Å². The number of benzene rings is 1. The molecule has 0 aliphatic rings. The minimum Gasteiger partial charge on any atom is -0.495 e. The van der Waals surface area contributed by atoms with Crippen LogP contribution in [0.25, 0.3) is 6.08 Å². The van der Waals surface area contributed by atoms with E-state index < -0.39 is 24.4 Å². The fourth-order valence-corrected chi connectivity index (χ4v) is 2.16. The summed E-state index contributed by atoms with van der Waals surface area (Å²) in [5.74, 6) is -1.20. The summed E-state index contributed by atoms with van der Waals surface area (Å²) in [5.41, 5.74) is 2.05. The van der Waals surface area contributed by atoms with Gasteiger partial charge in [0.15, 0.2) is 6.61 Å². The summed E-state index contributed by atoms with van der Waals surface area (Å²) < 4.78 is 9.99. The van der Waals surface area contributed by atoms with Crippen LogP contribution >= 0.6 is 0 Å². The van der Waals surface area contributed by atoms with Gasteiger partial charge in [0, 0.05) is 12.3 Å². The Morgan fingerprint density at radius 1 is 1.14 bits per heavy atom. The largest absolute Gasteiger partial charge is 0.495 e. The molecule has 0 saturated carbocycles. The van der Waals surface area contributed by atoms with Crippen molar-refractivity contribution >= 4 is 29.5 Å². The summed E-state index contributed by atoms with van der Waals surface area (Å²) in [6.07, 6.45) is 4.24. The molecule has 0 aliphatic heterocycles. The maximum absolute atomic E-state index is 12.0. The molecule has 1 aromatic heterocycles. The van der Waals surface area contributed by atoms with Gasteiger partial charge in [0.05, 0.1) is 25.0 Å². The van der Waals surface area contributed by atoms with Gasteiger partial charge in [-0.1, -0.05) is 12.1 Å². The van der Waals surface area contributed by atoms with E-state index in [2.05, 4.69) is 15.6 Å². The zero-order valence-electron chi connectivity index (χ0n) is 15.6. The van der Waals surface area contributed by atoms with Crippen molar-refractivity contribution in [3.05, 3.63) is 59.9 Å². The maximum Gasteiger partial charge on any atom is 0.331 e. The molecule has 1 heterocycles. The highest BCUT2D eigenvalue weighted by Crippen LogP contribution is 2.24. The van der Waals surface area contributed by atoms with Gasteiger partial charge in [-0.25, -0.2) is 4.79 Å². The highest BCUT2D eigenvalue weighted by Gasteiger charge is 2.10. The SMILES string of the molecule is COc1ccc(C)cc1NC(=O)CNC(=O)COC(=O)C=Cc1ccccn1. The molecule has 0 bridgehead atoms. The Balaban J connectivity index is 1.73. The van der Waals surface area contributed by atoms with E-state index in [0.29, 0.717) is 17.1 Å². The Bertz CT molecular complexity index is 865. The molecule has 0 aliphatic carbocycles. The van der Waals surface area contributed by atoms with E-state index in [9.17, 15) is 14.4 Å².